The van der Waals surface area contributed by atoms with E-state index in [1.54, 1.807) is 24.3 Å². The van der Waals surface area contributed by atoms with Gasteiger partial charge in [0.1, 0.15) is 11.5 Å². The lowest BCUT2D eigenvalue weighted by Gasteiger charge is -2.00. The number of halogens is 1. The molecule has 1 heterocycles. The quantitative estimate of drug-likeness (QED) is 0.800. The van der Waals surface area contributed by atoms with E-state index in [2.05, 4.69) is 12.2 Å². The van der Waals surface area contributed by atoms with Crippen molar-refractivity contribution in [3.8, 4) is 11.3 Å². The second-order valence-electron chi connectivity index (χ2n) is 4.33. The van der Waals surface area contributed by atoms with Gasteiger partial charge >= 0.3 is 5.97 Å². The first-order valence-electron chi connectivity index (χ1n) is 6.34. The molecule has 0 unspecified atom stereocenters. The molecule has 0 atom stereocenters. The monoisotopic (exact) mass is 295 g/mol. The maximum Gasteiger partial charge on any atom is 0.335 e. The summed E-state index contributed by atoms with van der Waals surface area (Å²) in [7, 11) is 0. The third kappa shape index (κ3) is 4.11. The molecular weight excluding hydrogens is 278 g/mol. The van der Waals surface area contributed by atoms with Gasteiger partial charge in [-0.25, -0.2) is 4.79 Å². The van der Waals surface area contributed by atoms with E-state index in [0.717, 1.165) is 30.0 Å². The highest BCUT2D eigenvalue weighted by Crippen LogP contribution is 2.22. The van der Waals surface area contributed by atoms with Gasteiger partial charge in [-0.05, 0) is 37.2 Å². The van der Waals surface area contributed by atoms with E-state index in [9.17, 15) is 4.79 Å². The number of rotatable bonds is 6. The minimum Gasteiger partial charge on any atom is -0.478 e. The first-order chi connectivity index (χ1) is 9.20. The Morgan fingerprint density at radius 2 is 1.90 bits per heavy atom. The smallest absolute Gasteiger partial charge is 0.335 e. The topological polar surface area (TPSA) is 62.5 Å². The van der Waals surface area contributed by atoms with Crippen molar-refractivity contribution in [3.63, 3.8) is 0 Å². The van der Waals surface area contributed by atoms with Crippen molar-refractivity contribution in [2.24, 2.45) is 0 Å². The van der Waals surface area contributed by atoms with E-state index in [1.807, 2.05) is 12.1 Å². The first-order valence-corrected chi connectivity index (χ1v) is 6.34. The molecule has 0 saturated carbocycles. The second-order valence-corrected chi connectivity index (χ2v) is 4.33. The zero-order valence-electron chi connectivity index (χ0n) is 11.3. The molecule has 20 heavy (non-hydrogen) atoms. The molecule has 0 aliphatic rings. The van der Waals surface area contributed by atoms with Crippen molar-refractivity contribution in [1.82, 2.24) is 5.32 Å². The van der Waals surface area contributed by atoms with Gasteiger partial charge < -0.3 is 14.8 Å². The highest BCUT2D eigenvalue weighted by atomic mass is 35.5. The summed E-state index contributed by atoms with van der Waals surface area (Å²) in [4.78, 5) is 10.8. The molecule has 0 aliphatic heterocycles. The van der Waals surface area contributed by atoms with Crippen molar-refractivity contribution in [3.05, 3.63) is 47.7 Å². The number of carbonyl (C=O) groups is 1. The largest absolute Gasteiger partial charge is 0.478 e. The van der Waals surface area contributed by atoms with Crippen molar-refractivity contribution < 1.29 is 14.3 Å². The Kier molecular flexibility index (Phi) is 6.28. The Balaban J connectivity index is 0.00000200. The maximum atomic E-state index is 10.8. The fourth-order valence-corrected chi connectivity index (χ4v) is 1.79. The number of carboxylic acid groups (broad SMARTS) is 1. The van der Waals surface area contributed by atoms with Crippen LogP contribution in [0.3, 0.4) is 0 Å². The zero-order valence-corrected chi connectivity index (χ0v) is 12.1. The van der Waals surface area contributed by atoms with E-state index in [4.69, 9.17) is 9.52 Å². The minimum absolute atomic E-state index is 0. The zero-order chi connectivity index (χ0) is 13.7. The van der Waals surface area contributed by atoms with Crippen LogP contribution in [-0.2, 0) is 6.54 Å². The van der Waals surface area contributed by atoms with Gasteiger partial charge in [0.2, 0.25) is 0 Å². The molecule has 0 spiro atoms. The normalized spacial score (nSPS) is 10.1. The summed E-state index contributed by atoms with van der Waals surface area (Å²) in [5.41, 5.74) is 1.16. The van der Waals surface area contributed by atoms with Crippen LogP contribution in [0, 0.1) is 0 Å². The van der Waals surface area contributed by atoms with Crippen LogP contribution in [0.4, 0.5) is 0 Å². The van der Waals surface area contributed by atoms with Crippen LogP contribution >= 0.6 is 12.4 Å². The van der Waals surface area contributed by atoms with E-state index < -0.39 is 5.97 Å². The SMILES string of the molecule is CCCNCc1ccc(-c2ccc(C(=O)O)cc2)o1.Cl. The number of nitrogens with one attached hydrogen (secondary N) is 1. The fraction of sp³-hybridized carbons (Fsp3) is 0.267. The number of hydrogen-bond acceptors (Lipinski definition) is 3. The Morgan fingerprint density at radius 1 is 1.20 bits per heavy atom. The van der Waals surface area contributed by atoms with Gasteiger partial charge in [0, 0.05) is 5.56 Å². The molecular formula is C15H18ClNO3. The summed E-state index contributed by atoms with van der Waals surface area (Å²) in [5, 5.41) is 12.1. The second kappa shape index (κ2) is 7.72. The van der Waals surface area contributed by atoms with Crippen LogP contribution in [0.15, 0.2) is 40.8 Å². The lowest BCUT2D eigenvalue weighted by molar-refractivity contribution is 0.0697. The molecule has 0 bridgehead atoms. The summed E-state index contributed by atoms with van der Waals surface area (Å²) < 4.78 is 5.71. The summed E-state index contributed by atoms with van der Waals surface area (Å²) in [6, 6.07) is 10.5. The predicted molar refractivity (Wildman–Crippen MR) is 80.3 cm³/mol. The van der Waals surface area contributed by atoms with Gasteiger partial charge in [-0.2, -0.15) is 0 Å². The Bertz CT molecular complexity index is 549. The summed E-state index contributed by atoms with van der Waals surface area (Å²) in [5.74, 6) is 0.714. The van der Waals surface area contributed by atoms with Crippen molar-refractivity contribution in [2.45, 2.75) is 19.9 Å². The van der Waals surface area contributed by atoms with Crippen molar-refractivity contribution >= 4 is 18.4 Å². The molecule has 0 radical (unpaired) electrons. The molecule has 2 N–H and O–H groups in total. The average Bonchev–Trinajstić information content (AvgIpc) is 2.88. The molecule has 0 aliphatic carbocycles. The molecule has 108 valence electrons. The van der Waals surface area contributed by atoms with Gasteiger partial charge in [-0.3, -0.25) is 0 Å². The lowest BCUT2D eigenvalue weighted by atomic mass is 10.1. The van der Waals surface area contributed by atoms with E-state index >= 15 is 0 Å². The van der Waals surface area contributed by atoms with Gasteiger partial charge in [-0.15, -0.1) is 12.4 Å². The van der Waals surface area contributed by atoms with Crippen molar-refractivity contribution in [2.75, 3.05) is 6.54 Å². The average molecular weight is 296 g/mol. The number of furan rings is 1. The standard InChI is InChI=1S/C15H17NO3.ClH/c1-2-9-16-10-13-7-8-14(19-13)11-3-5-12(6-4-11)15(17)18;/h3-8,16H,2,9-10H2,1H3,(H,17,18);1H. The third-order valence-corrected chi connectivity index (χ3v) is 2.80. The highest BCUT2D eigenvalue weighted by molar-refractivity contribution is 5.88. The van der Waals surface area contributed by atoms with Crippen LogP contribution in [0.25, 0.3) is 11.3 Å². The van der Waals surface area contributed by atoms with Gasteiger partial charge in [0.05, 0.1) is 12.1 Å². The van der Waals surface area contributed by atoms with Crippen molar-refractivity contribution in [1.29, 1.82) is 0 Å². The summed E-state index contributed by atoms with van der Waals surface area (Å²) in [6.45, 7) is 3.79. The van der Waals surface area contributed by atoms with Gasteiger partial charge in [0.15, 0.2) is 0 Å². The van der Waals surface area contributed by atoms with Crippen LogP contribution in [0.2, 0.25) is 0 Å². The Labute approximate surface area is 124 Å². The Hall–Kier alpha value is -1.78. The van der Waals surface area contributed by atoms with E-state index in [1.165, 1.54) is 0 Å². The van der Waals surface area contributed by atoms with E-state index in [-0.39, 0.29) is 18.0 Å². The number of carboxylic acids is 1. The molecule has 0 amide bonds. The first kappa shape index (κ1) is 16.3. The van der Waals surface area contributed by atoms with Crippen LogP contribution in [0.1, 0.15) is 29.5 Å². The van der Waals surface area contributed by atoms with E-state index in [0.29, 0.717) is 6.54 Å². The summed E-state index contributed by atoms with van der Waals surface area (Å²) >= 11 is 0. The number of aromatic carboxylic acids is 1. The van der Waals surface area contributed by atoms with Gasteiger partial charge in [0.25, 0.3) is 0 Å². The summed E-state index contributed by atoms with van der Waals surface area (Å²) in [6.07, 6.45) is 1.09. The molecule has 5 heteroatoms. The minimum atomic E-state index is -0.921. The number of benzene rings is 1. The molecule has 1 aromatic carbocycles. The molecule has 0 saturated heterocycles. The molecule has 0 fully saturated rings. The van der Waals surface area contributed by atoms with Crippen LogP contribution in [0.5, 0.6) is 0 Å². The van der Waals surface area contributed by atoms with Crippen LogP contribution < -0.4 is 5.32 Å². The number of hydrogen-bond donors (Lipinski definition) is 2. The molecule has 2 rings (SSSR count). The maximum absolute atomic E-state index is 10.8. The third-order valence-electron chi connectivity index (χ3n) is 2.80. The molecule has 1 aromatic heterocycles. The Morgan fingerprint density at radius 3 is 2.50 bits per heavy atom. The van der Waals surface area contributed by atoms with Crippen LogP contribution in [-0.4, -0.2) is 17.6 Å². The molecule has 2 aromatic rings. The fourth-order valence-electron chi connectivity index (χ4n) is 1.79. The van der Waals surface area contributed by atoms with Gasteiger partial charge in [-0.1, -0.05) is 19.1 Å². The highest BCUT2D eigenvalue weighted by Gasteiger charge is 2.06. The molecule has 4 nitrogen and oxygen atoms in total. The predicted octanol–water partition coefficient (Wildman–Crippen LogP) is 3.57. The lowest BCUT2D eigenvalue weighted by Crippen LogP contribution is -2.12.